The van der Waals surface area contributed by atoms with E-state index in [-0.39, 0.29) is 11.0 Å². The van der Waals surface area contributed by atoms with Crippen molar-refractivity contribution in [1.29, 1.82) is 0 Å². The second kappa shape index (κ2) is 10.3. The fourth-order valence-electron chi connectivity index (χ4n) is 4.69. The second-order valence-electron chi connectivity index (χ2n) is 9.55. The van der Waals surface area contributed by atoms with Crippen LogP contribution in [0.3, 0.4) is 0 Å². The lowest BCUT2D eigenvalue weighted by atomic mass is 9.72. The Kier molecular flexibility index (Phi) is 7.41. The van der Waals surface area contributed by atoms with Gasteiger partial charge in [-0.2, -0.15) is 0 Å². The minimum Gasteiger partial charge on any atom is -0.478 e. The van der Waals surface area contributed by atoms with Crippen LogP contribution < -0.4 is 0 Å². The highest BCUT2D eigenvalue weighted by Crippen LogP contribution is 2.43. The molecule has 0 aliphatic heterocycles. The number of benzene rings is 2. The standard InChI is InChI=1S/C30H32O4S/c1-19-10-13-27(35-19)23-14-15-30(2,3)26-12-11-20(17-25(23)26)16-21(18-28(33-4)34-5)22-8-6-7-9-24(22)29(31)32/h6-14,16-17,28H,15,18H2,1-5H3,(H,31,32)/b21-16+. The molecule has 3 aromatic rings. The van der Waals surface area contributed by atoms with Gasteiger partial charge in [0, 0.05) is 30.4 Å². The van der Waals surface area contributed by atoms with Gasteiger partial charge in [-0.1, -0.05) is 56.3 Å². The summed E-state index contributed by atoms with van der Waals surface area (Å²) in [5, 5.41) is 9.81. The smallest absolute Gasteiger partial charge is 0.336 e. The molecule has 0 atom stereocenters. The van der Waals surface area contributed by atoms with Crippen LogP contribution in [0, 0.1) is 6.92 Å². The maximum Gasteiger partial charge on any atom is 0.336 e. The van der Waals surface area contributed by atoms with Crippen molar-refractivity contribution in [3.63, 3.8) is 0 Å². The van der Waals surface area contributed by atoms with E-state index in [1.54, 1.807) is 26.4 Å². The molecule has 0 saturated carbocycles. The quantitative estimate of drug-likeness (QED) is 0.265. The zero-order valence-corrected chi connectivity index (χ0v) is 21.7. The number of hydrogen-bond acceptors (Lipinski definition) is 4. The highest BCUT2D eigenvalue weighted by atomic mass is 32.1. The van der Waals surface area contributed by atoms with Crippen LogP contribution in [0.1, 0.15) is 69.1 Å². The molecular weight excluding hydrogens is 456 g/mol. The Hall–Kier alpha value is -2.99. The van der Waals surface area contributed by atoms with E-state index in [9.17, 15) is 9.90 Å². The molecule has 0 saturated heterocycles. The molecule has 35 heavy (non-hydrogen) atoms. The van der Waals surface area contributed by atoms with Crippen LogP contribution in [0.15, 0.2) is 60.7 Å². The summed E-state index contributed by atoms with van der Waals surface area (Å²) >= 11 is 1.81. The van der Waals surface area contributed by atoms with Gasteiger partial charge in [0.2, 0.25) is 0 Å². The maximum absolute atomic E-state index is 12.0. The molecule has 0 amide bonds. The highest BCUT2D eigenvalue weighted by molar-refractivity contribution is 7.13. The molecule has 1 heterocycles. The van der Waals surface area contributed by atoms with Gasteiger partial charge in [-0.3, -0.25) is 0 Å². The number of fused-ring (bicyclic) bond motifs is 1. The number of aromatic carboxylic acids is 1. The summed E-state index contributed by atoms with van der Waals surface area (Å²) in [7, 11) is 3.19. The third kappa shape index (κ3) is 5.32. The largest absolute Gasteiger partial charge is 0.478 e. The van der Waals surface area contributed by atoms with Crippen molar-refractivity contribution in [2.24, 2.45) is 0 Å². The maximum atomic E-state index is 12.0. The van der Waals surface area contributed by atoms with Crippen LogP contribution in [-0.4, -0.2) is 31.6 Å². The fraction of sp³-hybridized carbons (Fsp3) is 0.300. The molecule has 1 N–H and O–H groups in total. The summed E-state index contributed by atoms with van der Waals surface area (Å²) in [5.41, 5.74) is 6.68. The number of rotatable bonds is 8. The second-order valence-corrected chi connectivity index (χ2v) is 10.8. The predicted molar refractivity (Wildman–Crippen MR) is 144 cm³/mol. The van der Waals surface area contributed by atoms with Gasteiger partial charge in [0.05, 0.1) is 5.56 Å². The number of methoxy groups -OCH3 is 2. The Labute approximate surface area is 211 Å². The molecule has 0 fully saturated rings. The first-order chi connectivity index (χ1) is 16.7. The number of aryl methyl sites for hydroxylation is 1. The van der Waals surface area contributed by atoms with Gasteiger partial charge in [-0.15, -0.1) is 11.3 Å². The Morgan fingerprint density at radius 2 is 1.80 bits per heavy atom. The van der Waals surface area contributed by atoms with Crippen molar-refractivity contribution in [2.45, 2.75) is 45.3 Å². The van der Waals surface area contributed by atoms with E-state index in [0.29, 0.717) is 12.0 Å². The zero-order chi connectivity index (χ0) is 25.2. The summed E-state index contributed by atoms with van der Waals surface area (Å²) < 4.78 is 10.9. The average Bonchev–Trinajstić information content (AvgIpc) is 3.27. The van der Waals surface area contributed by atoms with Gasteiger partial charge in [-0.05, 0) is 76.4 Å². The van der Waals surface area contributed by atoms with Crippen molar-refractivity contribution in [2.75, 3.05) is 14.2 Å². The van der Waals surface area contributed by atoms with Gasteiger partial charge in [0.25, 0.3) is 0 Å². The van der Waals surface area contributed by atoms with Crippen LogP contribution in [0.5, 0.6) is 0 Å². The number of thiophene rings is 1. The van der Waals surface area contributed by atoms with Crippen LogP contribution in [0.25, 0.3) is 17.2 Å². The van der Waals surface area contributed by atoms with Gasteiger partial charge in [-0.25, -0.2) is 4.79 Å². The first-order valence-electron chi connectivity index (χ1n) is 11.7. The fourth-order valence-corrected chi connectivity index (χ4v) is 5.62. The SMILES string of the molecule is COC(C/C(=C\c1ccc2c(c1)C(c1ccc(C)s1)=CCC2(C)C)c1ccccc1C(=O)O)OC. The number of ether oxygens (including phenoxy) is 2. The molecule has 0 radical (unpaired) electrons. The van der Waals surface area contributed by atoms with E-state index in [4.69, 9.17) is 9.47 Å². The van der Waals surface area contributed by atoms with Crippen LogP contribution in [0.4, 0.5) is 0 Å². The molecule has 1 aliphatic carbocycles. The zero-order valence-electron chi connectivity index (χ0n) is 20.9. The molecule has 0 bridgehead atoms. The average molecular weight is 489 g/mol. The molecule has 182 valence electrons. The van der Waals surface area contributed by atoms with Gasteiger partial charge >= 0.3 is 5.97 Å². The molecule has 4 rings (SSSR count). The van der Waals surface area contributed by atoms with Crippen LogP contribution in [0.2, 0.25) is 0 Å². The van der Waals surface area contributed by atoms with Gasteiger partial charge in [0.15, 0.2) is 6.29 Å². The predicted octanol–water partition coefficient (Wildman–Crippen LogP) is 7.42. The monoisotopic (exact) mass is 488 g/mol. The topological polar surface area (TPSA) is 55.8 Å². The minimum atomic E-state index is -0.955. The number of carboxylic acid groups (broad SMARTS) is 1. The Morgan fingerprint density at radius 3 is 2.43 bits per heavy atom. The van der Waals surface area contributed by atoms with E-state index in [1.807, 2.05) is 23.5 Å². The molecule has 0 unspecified atom stereocenters. The molecule has 2 aromatic carbocycles. The Morgan fingerprint density at radius 1 is 1.09 bits per heavy atom. The molecular formula is C30H32O4S. The van der Waals surface area contributed by atoms with Crippen molar-refractivity contribution in [3.05, 3.63) is 98.2 Å². The number of hydrogen-bond donors (Lipinski definition) is 1. The van der Waals surface area contributed by atoms with Crippen molar-refractivity contribution in [1.82, 2.24) is 0 Å². The van der Waals surface area contributed by atoms with E-state index < -0.39 is 12.3 Å². The van der Waals surface area contributed by atoms with Crippen LogP contribution in [-0.2, 0) is 14.9 Å². The summed E-state index contributed by atoms with van der Waals surface area (Å²) in [6.45, 7) is 6.70. The van der Waals surface area contributed by atoms with Gasteiger partial charge < -0.3 is 14.6 Å². The molecule has 1 aromatic heterocycles. The Balaban J connectivity index is 1.86. The van der Waals surface area contributed by atoms with E-state index in [1.165, 1.54) is 26.5 Å². The number of carboxylic acids is 1. The first kappa shape index (κ1) is 25.1. The van der Waals surface area contributed by atoms with E-state index in [2.05, 4.69) is 63.3 Å². The third-order valence-corrected chi connectivity index (χ3v) is 7.68. The summed E-state index contributed by atoms with van der Waals surface area (Å²) in [6, 6.07) is 18.0. The summed E-state index contributed by atoms with van der Waals surface area (Å²) in [6.07, 6.45) is 5.35. The third-order valence-electron chi connectivity index (χ3n) is 6.64. The summed E-state index contributed by atoms with van der Waals surface area (Å²) in [5.74, 6) is -0.955. The highest BCUT2D eigenvalue weighted by Gasteiger charge is 2.29. The van der Waals surface area contributed by atoms with Crippen molar-refractivity contribution < 1.29 is 19.4 Å². The number of carbonyl (C=O) groups is 1. The Bertz CT molecular complexity index is 1290. The van der Waals surface area contributed by atoms with Crippen molar-refractivity contribution in [3.8, 4) is 0 Å². The molecule has 1 aliphatic rings. The molecule has 0 spiro atoms. The molecule has 4 nitrogen and oxygen atoms in total. The first-order valence-corrected chi connectivity index (χ1v) is 12.6. The van der Waals surface area contributed by atoms with Gasteiger partial charge in [0.1, 0.15) is 0 Å². The lowest BCUT2D eigenvalue weighted by Gasteiger charge is -2.32. The lowest BCUT2D eigenvalue weighted by molar-refractivity contribution is -0.0970. The normalized spacial score (nSPS) is 15.1. The summed E-state index contributed by atoms with van der Waals surface area (Å²) in [4.78, 5) is 14.5. The van der Waals surface area contributed by atoms with E-state index >= 15 is 0 Å². The molecule has 5 heteroatoms. The van der Waals surface area contributed by atoms with Crippen molar-refractivity contribution >= 4 is 34.5 Å². The minimum absolute atomic E-state index is 0.0450. The van der Waals surface area contributed by atoms with E-state index in [0.717, 1.165) is 17.6 Å². The number of allylic oxidation sites excluding steroid dienone is 1. The van der Waals surface area contributed by atoms with Crippen LogP contribution >= 0.6 is 11.3 Å². The lowest BCUT2D eigenvalue weighted by Crippen LogP contribution is -2.21.